The number of alkyl halides is 1. The number of nitrogens with zero attached hydrogens (tertiary/aromatic N) is 3. The van der Waals surface area contributed by atoms with Crippen LogP contribution >= 0.6 is 0 Å². The number of ether oxygens (including phenoxy) is 1. The predicted molar refractivity (Wildman–Crippen MR) is 123 cm³/mol. The average molecular weight is 440 g/mol. The summed E-state index contributed by atoms with van der Waals surface area (Å²) in [6.45, 7) is 6.22. The molecular weight excluding hydrogens is 409 g/mol. The Morgan fingerprint density at radius 3 is 2.88 bits per heavy atom. The van der Waals surface area contributed by atoms with Gasteiger partial charge in [0.05, 0.1) is 19.2 Å². The normalized spacial score (nSPS) is 29.4. The first kappa shape index (κ1) is 21.2. The van der Waals surface area contributed by atoms with Crippen LogP contribution in [0.5, 0.6) is 0 Å². The fraction of sp³-hybridized carbons (Fsp3) is 0.522. The lowest BCUT2D eigenvalue weighted by Crippen LogP contribution is -2.48. The van der Waals surface area contributed by atoms with Gasteiger partial charge in [-0.05, 0) is 50.1 Å². The molecule has 4 heterocycles. The second-order valence-electron chi connectivity index (χ2n) is 9.20. The number of hydrogen-bond acceptors (Lipinski definition) is 8. The fourth-order valence-corrected chi connectivity index (χ4v) is 5.22. The van der Waals surface area contributed by atoms with Crippen molar-refractivity contribution in [3.05, 3.63) is 40.7 Å². The van der Waals surface area contributed by atoms with Crippen molar-refractivity contribution in [2.45, 2.75) is 50.5 Å². The van der Waals surface area contributed by atoms with Crippen molar-refractivity contribution in [3.8, 4) is 0 Å². The third kappa shape index (κ3) is 3.85. The molecule has 0 saturated carbocycles. The van der Waals surface area contributed by atoms with Crippen molar-refractivity contribution in [2.24, 2.45) is 5.73 Å². The Hall–Kier alpha value is -2.62. The van der Waals surface area contributed by atoms with Crippen LogP contribution in [0.2, 0.25) is 0 Å². The number of morpholine rings is 1. The van der Waals surface area contributed by atoms with E-state index in [0.717, 1.165) is 47.6 Å². The Morgan fingerprint density at radius 1 is 1.34 bits per heavy atom. The first-order valence-electron chi connectivity index (χ1n) is 11.2. The summed E-state index contributed by atoms with van der Waals surface area (Å²) in [5.74, 6) is 1.94. The zero-order chi connectivity index (χ0) is 22.5. The lowest BCUT2D eigenvalue weighted by atomic mass is 9.85. The minimum atomic E-state index is -0.926. The molecular formula is C23H30FN7O. The van der Waals surface area contributed by atoms with E-state index >= 15 is 0 Å². The summed E-state index contributed by atoms with van der Waals surface area (Å²) in [5.41, 5.74) is 9.17. The zero-order valence-corrected chi connectivity index (χ0v) is 18.5. The van der Waals surface area contributed by atoms with Gasteiger partial charge in [0.15, 0.2) is 0 Å². The second kappa shape index (κ2) is 8.06. The average Bonchev–Trinajstić information content (AvgIpc) is 3.31. The van der Waals surface area contributed by atoms with Gasteiger partial charge in [0, 0.05) is 42.4 Å². The van der Waals surface area contributed by atoms with Crippen LogP contribution in [0.4, 0.5) is 21.7 Å². The van der Waals surface area contributed by atoms with Gasteiger partial charge in [0.1, 0.15) is 29.4 Å². The van der Waals surface area contributed by atoms with E-state index in [1.54, 1.807) is 0 Å². The quantitative estimate of drug-likeness (QED) is 0.530. The molecule has 3 fully saturated rings. The van der Waals surface area contributed by atoms with Crippen molar-refractivity contribution in [1.29, 1.82) is 5.41 Å². The molecule has 9 heteroatoms. The van der Waals surface area contributed by atoms with Gasteiger partial charge in [-0.15, -0.1) is 0 Å². The second-order valence-corrected chi connectivity index (χ2v) is 9.20. The van der Waals surface area contributed by atoms with Gasteiger partial charge in [0.2, 0.25) is 0 Å². The largest absolute Gasteiger partial charge is 0.357 e. The predicted octanol–water partition coefficient (Wildman–Crippen LogP) is 2.51. The molecule has 8 nitrogen and oxygen atoms in total. The standard InChI is InChI=1S/C23H30FN7O/c1-13-5-15(9-25)20(6-18(13)17-3-4-27-10-19(17)24)30-21-7-22(29-14(2)28-21)31-12-23(26)8-16(31)11-32-23/h5-7,9,16-17,19,25,27H,3-4,8,10-12,26H2,1-2H3,(H,28,29,30). The third-order valence-electron chi connectivity index (χ3n) is 6.81. The molecule has 5 N–H and O–H groups in total. The van der Waals surface area contributed by atoms with Gasteiger partial charge in [-0.25, -0.2) is 14.4 Å². The number of halogens is 1. The number of nitrogens with two attached hydrogens (primary N) is 1. The number of nitrogens with one attached hydrogen (secondary N) is 3. The van der Waals surface area contributed by atoms with Crippen molar-refractivity contribution in [1.82, 2.24) is 15.3 Å². The molecule has 4 unspecified atom stereocenters. The van der Waals surface area contributed by atoms with E-state index in [0.29, 0.717) is 31.3 Å². The van der Waals surface area contributed by atoms with Crippen LogP contribution in [0.3, 0.4) is 0 Å². The minimum Gasteiger partial charge on any atom is -0.357 e. The number of aromatic nitrogens is 2. The molecule has 32 heavy (non-hydrogen) atoms. The summed E-state index contributed by atoms with van der Waals surface area (Å²) >= 11 is 0. The van der Waals surface area contributed by atoms with Crippen molar-refractivity contribution in [2.75, 3.05) is 36.5 Å². The van der Waals surface area contributed by atoms with Crippen LogP contribution in [0, 0.1) is 19.3 Å². The highest BCUT2D eigenvalue weighted by Crippen LogP contribution is 2.38. The molecule has 0 radical (unpaired) electrons. The Bertz CT molecular complexity index is 1050. The number of anilines is 3. The van der Waals surface area contributed by atoms with E-state index in [9.17, 15) is 4.39 Å². The highest BCUT2D eigenvalue weighted by atomic mass is 19.1. The highest BCUT2D eigenvalue weighted by Gasteiger charge is 2.49. The molecule has 0 spiro atoms. The van der Waals surface area contributed by atoms with E-state index in [1.807, 2.05) is 32.0 Å². The minimum absolute atomic E-state index is 0.153. The molecule has 3 aliphatic heterocycles. The SMILES string of the molecule is Cc1nc(Nc2cc(C3CCNCC3F)c(C)cc2C=N)cc(N2CC3(N)CC2CO3)n1. The van der Waals surface area contributed by atoms with Crippen LogP contribution in [-0.2, 0) is 4.74 Å². The molecule has 2 aromatic rings. The topological polar surface area (TPSA) is 112 Å². The maximum Gasteiger partial charge on any atom is 0.136 e. The maximum atomic E-state index is 14.7. The monoisotopic (exact) mass is 439 g/mol. The van der Waals surface area contributed by atoms with Crippen LogP contribution in [0.1, 0.15) is 41.3 Å². The number of benzene rings is 1. The Kier molecular flexibility index (Phi) is 5.35. The number of aryl methyl sites for hydroxylation is 2. The number of piperidine rings is 1. The zero-order valence-electron chi connectivity index (χ0n) is 18.5. The third-order valence-corrected chi connectivity index (χ3v) is 6.81. The molecule has 4 atom stereocenters. The molecule has 2 bridgehead atoms. The van der Waals surface area contributed by atoms with Gasteiger partial charge < -0.3 is 31.4 Å². The molecule has 1 aromatic carbocycles. The molecule has 170 valence electrons. The van der Waals surface area contributed by atoms with Gasteiger partial charge in [-0.1, -0.05) is 0 Å². The van der Waals surface area contributed by atoms with Gasteiger partial charge in [-0.3, -0.25) is 0 Å². The number of fused-ring (bicyclic) bond motifs is 2. The number of rotatable bonds is 5. The molecule has 5 rings (SSSR count). The summed E-state index contributed by atoms with van der Waals surface area (Å²) in [7, 11) is 0. The van der Waals surface area contributed by atoms with E-state index in [4.69, 9.17) is 15.9 Å². The highest BCUT2D eigenvalue weighted by molar-refractivity contribution is 5.88. The lowest BCUT2D eigenvalue weighted by molar-refractivity contribution is 0.00684. The van der Waals surface area contributed by atoms with Crippen LogP contribution in [0.25, 0.3) is 0 Å². The van der Waals surface area contributed by atoms with Crippen molar-refractivity contribution in [3.63, 3.8) is 0 Å². The molecule has 0 aliphatic carbocycles. The number of hydrogen-bond donors (Lipinski definition) is 4. The molecule has 3 aliphatic rings. The summed E-state index contributed by atoms with van der Waals surface area (Å²) in [6.07, 6.45) is 1.93. The van der Waals surface area contributed by atoms with Gasteiger partial charge in [0.25, 0.3) is 0 Å². The van der Waals surface area contributed by atoms with Gasteiger partial charge >= 0.3 is 0 Å². The Labute approximate surface area is 187 Å². The van der Waals surface area contributed by atoms with Crippen LogP contribution in [-0.4, -0.2) is 60.4 Å². The fourth-order valence-electron chi connectivity index (χ4n) is 5.22. The molecule has 0 amide bonds. The lowest BCUT2D eigenvalue weighted by Gasteiger charge is -2.31. The van der Waals surface area contributed by atoms with E-state index in [2.05, 4.69) is 25.5 Å². The van der Waals surface area contributed by atoms with E-state index < -0.39 is 11.9 Å². The first-order chi connectivity index (χ1) is 15.3. The summed E-state index contributed by atoms with van der Waals surface area (Å²) in [4.78, 5) is 11.4. The van der Waals surface area contributed by atoms with Crippen LogP contribution in [0.15, 0.2) is 18.2 Å². The van der Waals surface area contributed by atoms with Gasteiger partial charge in [-0.2, -0.15) is 0 Å². The molecule has 1 aromatic heterocycles. The summed E-state index contributed by atoms with van der Waals surface area (Å²) in [6, 6.07) is 6.05. The van der Waals surface area contributed by atoms with Crippen molar-refractivity contribution < 1.29 is 9.13 Å². The first-order valence-corrected chi connectivity index (χ1v) is 11.2. The van der Waals surface area contributed by atoms with Crippen molar-refractivity contribution >= 4 is 23.5 Å². The Morgan fingerprint density at radius 2 is 2.19 bits per heavy atom. The van der Waals surface area contributed by atoms with E-state index in [1.165, 1.54) is 6.21 Å². The summed E-state index contributed by atoms with van der Waals surface area (Å²) in [5, 5.41) is 14.4. The smallest absolute Gasteiger partial charge is 0.136 e. The summed E-state index contributed by atoms with van der Waals surface area (Å²) < 4.78 is 20.3. The van der Waals surface area contributed by atoms with E-state index in [-0.39, 0.29) is 12.0 Å². The van der Waals surface area contributed by atoms with Crippen LogP contribution < -0.4 is 21.3 Å². The Balaban J connectivity index is 1.46. The maximum absolute atomic E-state index is 14.7. The molecule has 3 saturated heterocycles.